The molecule has 1 N–H and O–H groups in total. The van der Waals surface area contributed by atoms with Gasteiger partial charge in [-0.1, -0.05) is 0 Å². The molecule has 0 aromatic carbocycles. The lowest BCUT2D eigenvalue weighted by molar-refractivity contribution is 0.206. The van der Waals surface area contributed by atoms with Gasteiger partial charge in [0.2, 0.25) is 0 Å². The van der Waals surface area contributed by atoms with Crippen LogP contribution in [0.5, 0.6) is 0 Å². The van der Waals surface area contributed by atoms with E-state index in [0.29, 0.717) is 0 Å². The predicted octanol–water partition coefficient (Wildman–Crippen LogP) is 2.44. The standard InChI is InChI=1S/C15H24N4S/c1-11-9-19-14(12(2)17-15(19)20-11)8-16-7-13-5-4-6-18(3)10-13/h9,13,16H,4-8,10H2,1-3H3. The van der Waals surface area contributed by atoms with E-state index >= 15 is 0 Å². The molecule has 0 spiro atoms. The molecule has 3 rings (SSSR count). The first-order chi connectivity index (χ1) is 9.63. The Bertz CT molecular complexity index is 586. The van der Waals surface area contributed by atoms with Gasteiger partial charge in [0.25, 0.3) is 0 Å². The van der Waals surface area contributed by atoms with Crippen LogP contribution in [0.1, 0.15) is 29.1 Å². The third kappa shape index (κ3) is 2.90. The van der Waals surface area contributed by atoms with Crippen LogP contribution in [0.25, 0.3) is 4.96 Å². The van der Waals surface area contributed by atoms with Crippen LogP contribution in [-0.4, -0.2) is 41.0 Å². The van der Waals surface area contributed by atoms with Gasteiger partial charge < -0.3 is 10.2 Å². The Hall–Kier alpha value is -0.910. The summed E-state index contributed by atoms with van der Waals surface area (Å²) in [5.41, 5.74) is 2.47. The quantitative estimate of drug-likeness (QED) is 0.939. The number of fused-ring (bicyclic) bond motifs is 1. The van der Waals surface area contributed by atoms with Gasteiger partial charge in [-0.15, -0.1) is 11.3 Å². The predicted molar refractivity (Wildman–Crippen MR) is 84.5 cm³/mol. The fourth-order valence-corrected chi connectivity index (χ4v) is 4.05. The van der Waals surface area contributed by atoms with Gasteiger partial charge >= 0.3 is 0 Å². The topological polar surface area (TPSA) is 32.6 Å². The van der Waals surface area contributed by atoms with E-state index in [1.165, 1.54) is 36.5 Å². The zero-order chi connectivity index (χ0) is 14.1. The normalized spacial score (nSPS) is 20.9. The van der Waals surface area contributed by atoms with Gasteiger partial charge in [-0.05, 0) is 52.7 Å². The maximum atomic E-state index is 4.64. The third-order valence-electron chi connectivity index (χ3n) is 4.19. The highest BCUT2D eigenvalue weighted by molar-refractivity contribution is 7.17. The molecule has 3 heterocycles. The smallest absolute Gasteiger partial charge is 0.194 e. The van der Waals surface area contributed by atoms with Crippen LogP contribution in [0.2, 0.25) is 0 Å². The SMILES string of the molecule is Cc1cn2c(CNCC3CCCN(C)C3)c(C)nc2s1. The van der Waals surface area contributed by atoms with Crippen LogP contribution in [0.4, 0.5) is 0 Å². The summed E-state index contributed by atoms with van der Waals surface area (Å²) in [6.45, 7) is 8.77. The van der Waals surface area contributed by atoms with Crippen molar-refractivity contribution in [3.63, 3.8) is 0 Å². The summed E-state index contributed by atoms with van der Waals surface area (Å²) >= 11 is 1.77. The van der Waals surface area contributed by atoms with E-state index < -0.39 is 0 Å². The van der Waals surface area contributed by atoms with Crippen LogP contribution in [-0.2, 0) is 6.54 Å². The van der Waals surface area contributed by atoms with Crippen molar-refractivity contribution in [2.45, 2.75) is 33.2 Å². The monoisotopic (exact) mass is 292 g/mol. The van der Waals surface area contributed by atoms with Gasteiger partial charge in [0.15, 0.2) is 4.96 Å². The number of thiazole rings is 1. The van der Waals surface area contributed by atoms with Gasteiger partial charge in [-0.25, -0.2) is 4.98 Å². The minimum atomic E-state index is 0.793. The average molecular weight is 292 g/mol. The first-order valence-corrected chi connectivity index (χ1v) is 8.28. The summed E-state index contributed by atoms with van der Waals surface area (Å²) in [4.78, 5) is 9.53. The van der Waals surface area contributed by atoms with E-state index in [4.69, 9.17) is 0 Å². The Balaban J connectivity index is 1.60. The highest BCUT2D eigenvalue weighted by Gasteiger charge is 2.17. The molecule has 1 aliphatic rings. The number of nitrogens with zero attached hydrogens (tertiary/aromatic N) is 3. The summed E-state index contributed by atoms with van der Waals surface area (Å²) in [5, 5.41) is 3.64. The molecule has 0 saturated carbocycles. The molecule has 20 heavy (non-hydrogen) atoms. The number of rotatable bonds is 4. The number of hydrogen-bond acceptors (Lipinski definition) is 4. The summed E-state index contributed by atoms with van der Waals surface area (Å²) in [6.07, 6.45) is 4.89. The van der Waals surface area contributed by atoms with Gasteiger partial charge in [-0.3, -0.25) is 4.40 Å². The van der Waals surface area contributed by atoms with E-state index in [9.17, 15) is 0 Å². The zero-order valence-corrected chi connectivity index (χ0v) is 13.5. The molecule has 1 saturated heterocycles. The molecule has 0 bridgehead atoms. The number of nitrogens with one attached hydrogen (secondary N) is 1. The molecule has 0 amide bonds. The molecule has 110 valence electrons. The van der Waals surface area contributed by atoms with Crippen LogP contribution in [0.3, 0.4) is 0 Å². The van der Waals surface area contributed by atoms with Crippen molar-refractivity contribution < 1.29 is 0 Å². The molecule has 5 heteroatoms. The fourth-order valence-electron chi connectivity index (χ4n) is 3.16. The van der Waals surface area contributed by atoms with Crippen molar-refractivity contribution in [3.05, 3.63) is 22.5 Å². The van der Waals surface area contributed by atoms with E-state index in [0.717, 1.165) is 29.7 Å². The summed E-state index contributed by atoms with van der Waals surface area (Å²) < 4.78 is 2.25. The Morgan fingerprint density at radius 2 is 2.30 bits per heavy atom. The van der Waals surface area contributed by atoms with E-state index in [2.05, 4.69) is 46.7 Å². The summed E-state index contributed by atoms with van der Waals surface area (Å²) in [6, 6.07) is 0. The van der Waals surface area contributed by atoms with Crippen molar-refractivity contribution in [1.29, 1.82) is 0 Å². The number of hydrogen-bond donors (Lipinski definition) is 1. The zero-order valence-electron chi connectivity index (χ0n) is 12.6. The van der Waals surface area contributed by atoms with E-state index in [1.54, 1.807) is 11.3 Å². The van der Waals surface area contributed by atoms with Gasteiger partial charge in [0.1, 0.15) is 0 Å². The minimum Gasteiger partial charge on any atom is -0.311 e. The highest BCUT2D eigenvalue weighted by atomic mass is 32.1. The second kappa shape index (κ2) is 5.84. The van der Waals surface area contributed by atoms with Crippen LogP contribution in [0, 0.1) is 19.8 Å². The molecular weight excluding hydrogens is 268 g/mol. The van der Waals surface area contributed by atoms with Crippen molar-refractivity contribution in [3.8, 4) is 0 Å². The lowest BCUT2D eigenvalue weighted by atomic mass is 9.98. The van der Waals surface area contributed by atoms with Crippen LogP contribution < -0.4 is 5.32 Å². The lowest BCUT2D eigenvalue weighted by Gasteiger charge is -2.29. The fraction of sp³-hybridized carbons (Fsp3) is 0.667. The number of imidazole rings is 1. The molecule has 1 fully saturated rings. The Morgan fingerprint density at radius 1 is 1.45 bits per heavy atom. The van der Waals surface area contributed by atoms with E-state index in [-0.39, 0.29) is 0 Å². The Labute approximate surface area is 124 Å². The molecule has 4 nitrogen and oxygen atoms in total. The maximum absolute atomic E-state index is 4.64. The first kappa shape index (κ1) is 14.0. The largest absolute Gasteiger partial charge is 0.311 e. The molecule has 1 atom stereocenters. The highest BCUT2D eigenvalue weighted by Crippen LogP contribution is 2.21. The van der Waals surface area contributed by atoms with Crippen molar-refractivity contribution in [2.24, 2.45) is 5.92 Å². The minimum absolute atomic E-state index is 0.793. The van der Waals surface area contributed by atoms with Crippen molar-refractivity contribution in [2.75, 3.05) is 26.7 Å². The molecule has 0 radical (unpaired) electrons. The molecule has 1 aliphatic heterocycles. The summed E-state index contributed by atoms with van der Waals surface area (Å²) in [7, 11) is 2.23. The van der Waals surface area contributed by atoms with E-state index in [1.807, 2.05) is 0 Å². The van der Waals surface area contributed by atoms with Crippen molar-refractivity contribution >= 4 is 16.3 Å². The maximum Gasteiger partial charge on any atom is 0.194 e. The first-order valence-electron chi connectivity index (χ1n) is 7.46. The van der Waals surface area contributed by atoms with Gasteiger partial charge in [-0.2, -0.15) is 0 Å². The third-order valence-corrected chi connectivity index (χ3v) is 5.09. The average Bonchev–Trinajstić information content (AvgIpc) is 2.87. The lowest BCUT2D eigenvalue weighted by Crippen LogP contribution is -2.37. The van der Waals surface area contributed by atoms with Crippen molar-refractivity contribution in [1.82, 2.24) is 19.6 Å². The second-order valence-corrected chi connectivity index (χ2v) is 7.25. The number of aromatic nitrogens is 2. The Morgan fingerprint density at radius 3 is 3.10 bits per heavy atom. The van der Waals surface area contributed by atoms with Gasteiger partial charge in [0, 0.05) is 24.2 Å². The number of piperidine rings is 1. The van der Waals surface area contributed by atoms with Gasteiger partial charge in [0.05, 0.1) is 11.4 Å². The van der Waals surface area contributed by atoms with Crippen LogP contribution >= 0.6 is 11.3 Å². The molecule has 2 aromatic heterocycles. The van der Waals surface area contributed by atoms with Crippen LogP contribution in [0.15, 0.2) is 6.20 Å². The molecule has 2 aromatic rings. The molecular formula is C15H24N4S. The molecule has 0 aliphatic carbocycles. The Kier molecular flexibility index (Phi) is 4.10. The second-order valence-electron chi connectivity index (χ2n) is 6.04. The summed E-state index contributed by atoms with van der Waals surface area (Å²) in [5.74, 6) is 0.793. The number of aryl methyl sites for hydroxylation is 2. The molecule has 1 unspecified atom stereocenters. The number of likely N-dealkylation sites (tertiary alicyclic amines) is 1.